The molecule has 25 heavy (non-hydrogen) atoms. The van der Waals surface area contributed by atoms with E-state index in [4.69, 9.17) is 13.9 Å². The van der Waals surface area contributed by atoms with Crippen LogP contribution < -0.4 is 10.4 Å². The van der Waals surface area contributed by atoms with Crippen molar-refractivity contribution in [3.8, 4) is 5.75 Å². The lowest BCUT2D eigenvalue weighted by atomic mass is 9.99. The fourth-order valence-corrected chi connectivity index (χ4v) is 2.60. The minimum Gasteiger partial charge on any atom is -0.424 e. The molecule has 9 nitrogen and oxygen atoms in total. The quantitative estimate of drug-likeness (QED) is 0.297. The van der Waals surface area contributed by atoms with Crippen LogP contribution in [0.25, 0.3) is 11.0 Å². The Kier molecular flexibility index (Phi) is 4.58. The first kappa shape index (κ1) is 17.5. The Hall–Kier alpha value is -2.30. The highest BCUT2D eigenvalue weighted by atomic mass is 16.7. The van der Waals surface area contributed by atoms with Gasteiger partial charge in [-0.05, 0) is 24.6 Å². The molecule has 1 aliphatic heterocycles. The van der Waals surface area contributed by atoms with Gasteiger partial charge in [-0.15, -0.1) is 0 Å². The highest BCUT2D eigenvalue weighted by molar-refractivity contribution is 5.83. The number of rotatable bonds is 2. The molecule has 1 aromatic carbocycles. The van der Waals surface area contributed by atoms with Gasteiger partial charge in [0.05, 0.1) is 0 Å². The van der Waals surface area contributed by atoms with E-state index in [1.807, 2.05) is 0 Å². The van der Waals surface area contributed by atoms with Crippen molar-refractivity contribution in [3.63, 3.8) is 0 Å². The maximum atomic E-state index is 12.1. The van der Waals surface area contributed by atoms with Gasteiger partial charge in [-0.3, -0.25) is 0 Å². The molecule has 0 saturated carbocycles. The SMILES string of the molecule is Cc1cc(=O)oc2cc(OC(=O)C3OC(O)C(O)C(O)C3O)ccc12. The first-order valence-corrected chi connectivity index (χ1v) is 7.42. The van der Waals surface area contributed by atoms with Crippen LogP contribution in [0.5, 0.6) is 5.75 Å². The summed E-state index contributed by atoms with van der Waals surface area (Å²) in [6.45, 7) is 1.73. The van der Waals surface area contributed by atoms with Crippen molar-refractivity contribution in [3.05, 3.63) is 40.2 Å². The fourth-order valence-electron chi connectivity index (χ4n) is 2.60. The Morgan fingerprint density at radius 1 is 1.08 bits per heavy atom. The smallest absolute Gasteiger partial charge is 0.343 e. The number of aryl methyl sites for hydroxylation is 1. The van der Waals surface area contributed by atoms with Crippen molar-refractivity contribution in [1.29, 1.82) is 0 Å². The van der Waals surface area contributed by atoms with Crippen LogP contribution in [-0.2, 0) is 9.53 Å². The van der Waals surface area contributed by atoms with Crippen LogP contribution in [0.2, 0.25) is 0 Å². The van der Waals surface area contributed by atoms with E-state index in [2.05, 4.69) is 0 Å². The summed E-state index contributed by atoms with van der Waals surface area (Å²) >= 11 is 0. The normalized spacial score (nSPS) is 29.6. The zero-order valence-electron chi connectivity index (χ0n) is 13.0. The van der Waals surface area contributed by atoms with Crippen LogP contribution in [0.15, 0.2) is 33.5 Å². The predicted octanol–water partition coefficient (Wildman–Crippen LogP) is -1.19. The van der Waals surface area contributed by atoms with Crippen molar-refractivity contribution in [2.24, 2.45) is 0 Å². The predicted molar refractivity (Wildman–Crippen MR) is 81.8 cm³/mol. The van der Waals surface area contributed by atoms with E-state index in [0.29, 0.717) is 10.9 Å². The van der Waals surface area contributed by atoms with Gasteiger partial charge in [0.2, 0.25) is 0 Å². The Balaban J connectivity index is 1.83. The Morgan fingerprint density at radius 3 is 2.52 bits per heavy atom. The molecule has 0 spiro atoms. The van der Waals surface area contributed by atoms with E-state index in [0.717, 1.165) is 0 Å². The van der Waals surface area contributed by atoms with Gasteiger partial charge in [0.25, 0.3) is 0 Å². The molecular weight excluding hydrogens is 336 g/mol. The number of carbonyl (C=O) groups is 1. The van der Waals surface area contributed by atoms with Crippen molar-refractivity contribution < 1.29 is 39.1 Å². The number of benzene rings is 1. The van der Waals surface area contributed by atoms with Gasteiger partial charge < -0.3 is 34.3 Å². The van der Waals surface area contributed by atoms with Crippen molar-refractivity contribution in [2.45, 2.75) is 37.6 Å². The Bertz CT molecular complexity index is 858. The molecule has 0 aliphatic carbocycles. The fraction of sp³-hybridized carbons (Fsp3) is 0.375. The summed E-state index contributed by atoms with van der Waals surface area (Å²) in [6.07, 6.45) is -8.87. The number of carbonyl (C=O) groups excluding carboxylic acids is 1. The third-order valence-electron chi connectivity index (χ3n) is 3.96. The first-order chi connectivity index (χ1) is 11.8. The van der Waals surface area contributed by atoms with Gasteiger partial charge in [0.15, 0.2) is 12.4 Å². The molecule has 4 N–H and O–H groups in total. The van der Waals surface area contributed by atoms with E-state index in [1.165, 1.54) is 18.2 Å². The monoisotopic (exact) mass is 352 g/mol. The zero-order chi connectivity index (χ0) is 18.3. The van der Waals surface area contributed by atoms with E-state index in [1.54, 1.807) is 13.0 Å². The van der Waals surface area contributed by atoms with Crippen LogP contribution in [0.4, 0.5) is 0 Å². The summed E-state index contributed by atoms with van der Waals surface area (Å²) < 4.78 is 14.9. The average Bonchev–Trinajstić information content (AvgIpc) is 2.55. The van der Waals surface area contributed by atoms with Gasteiger partial charge >= 0.3 is 11.6 Å². The van der Waals surface area contributed by atoms with Gasteiger partial charge in [0, 0.05) is 17.5 Å². The third-order valence-corrected chi connectivity index (χ3v) is 3.96. The molecule has 0 radical (unpaired) electrons. The third kappa shape index (κ3) is 3.28. The van der Waals surface area contributed by atoms with Crippen LogP contribution in [0.3, 0.4) is 0 Å². The lowest BCUT2D eigenvalue weighted by molar-refractivity contribution is -0.279. The maximum Gasteiger partial charge on any atom is 0.343 e. The molecule has 2 heterocycles. The number of hydrogen-bond acceptors (Lipinski definition) is 9. The summed E-state index contributed by atoms with van der Waals surface area (Å²) in [4.78, 5) is 23.6. The lowest BCUT2D eigenvalue weighted by Crippen LogP contribution is -2.60. The first-order valence-electron chi connectivity index (χ1n) is 7.42. The minimum atomic E-state index is -1.85. The van der Waals surface area contributed by atoms with Crippen molar-refractivity contribution >= 4 is 16.9 Å². The molecule has 5 unspecified atom stereocenters. The van der Waals surface area contributed by atoms with Crippen LogP contribution in [0.1, 0.15) is 5.56 Å². The maximum absolute atomic E-state index is 12.1. The van der Waals surface area contributed by atoms with Gasteiger partial charge in [-0.2, -0.15) is 0 Å². The van der Waals surface area contributed by atoms with Gasteiger partial charge in [-0.25, -0.2) is 9.59 Å². The molecule has 0 amide bonds. The molecule has 2 aromatic rings. The van der Waals surface area contributed by atoms with Crippen LogP contribution in [-0.4, -0.2) is 57.1 Å². The van der Waals surface area contributed by atoms with Crippen molar-refractivity contribution in [1.82, 2.24) is 0 Å². The number of aliphatic hydroxyl groups excluding tert-OH is 4. The molecule has 1 aromatic heterocycles. The number of aliphatic hydroxyl groups is 4. The highest BCUT2D eigenvalue weighted by Gasteiger charge is 2.47. The van der Waals surface area contributed by atoms with E-state index in [9.17, 15) is 30.0 Å². The lowest BCUT2D eigenvalue weighted by Gasteiger charge is -2.36. The molecule has 0 bridgehead atoms. The summed E-state index contributed by atoms with van der Waals surface area (Å²) in [7, 11) is 0. The molecule has 3 rings (SSSR count). The second kappa shape index (κ2) is 6.54. The number of fused-ring (bicyclic) bond motifs is 1. The largest absolute Gasteiger partial charge is 0.424 e. The molecule has 1 fully saturated rings. The second-order valence-corrected chi connectivity index (χ2v) is 5.75. The summed E-state index contributed by atoms with van der Waals surface area (Å²) in [5.74, 6) is -1.08. The van der Waals surface area contributed by atoms with E-state index >= 15 is 0 Å². The number of ether oxygens (including phenoxy) is 2. The summed E-state index contributed by atoms with van der Waals surface area (Å²) in [5.41, 5.74) is 0.339. The Labute approximate surface area is 140 Å². The van der Waals surface area contributed by atoms with E-state index in [-0.39, 0.29) is 11.3 Å². The van der Waals surface area contributed by atoms with Gasteiger partial charge in [-0.1, -0.05) is 0 Å². The molecule has 1 saturated heterocycles. The highest BCUT2D eigenvalue weighted by Crippen LogP contribution is 2.25. The number of esters is 1. The van der Waals surface area contributed by atoms with Crippen molar-refractivity contribution in [2.75, 3.05) is 0 Å². The van der Waals surface area contributed by atoms with Gasteiger partial charge in [0.1, 0.15) is 29.6 Å². The van der Waals surface area contributed by atoms with Crippen LogP contribution >= 0.6 is 0 Å². The summed E-state index contributed by atoms with van der Waals surface area (Å²) in [5, 5.41) is 38.9. The minimum absolute atomic E-state index is 0.0113. The summed E-state index contributed by atoms with van der Waals surface area (Å²) in [6, 6.07) is 5.68. The Morgan fingerprint density at radius 2 is 1.80 bits per heavy atom. The van der Waals surface area contributed by atoms with E-state index < -0.39 is 42.3 Å². The molecule has 5 atom stereocenters. The topological polar surface area (TPSA) is 147 Å². The molecule has 1 aliphatic rings. The molecular formula is C16H16O9. The number of hydrogen-bond donors (Lipinski definition) is 4. The van der Waals surface area contributed by atoms with Crippen LogP contribution in [0, 0.1) is 6.92 Å². The average molecular weight is 352 g/mol. The molecule has 134 valence electrons. The zero-order valence-corrected chi connectivity index (χ0v) is 13.0. The second-order valence-electron chi connectivity index (χ2n) is 5.75. The standard InChI is InChI=1S/C16H16O9/c1-6-4-10(17)24-9-5-7(2-3-8(6)9)23-16(22)14-12(19)11(18)13(20)15(21)25-14/h2-5,11-15,18-21H,1H3. The molecule has 9 heteroatoms.